The Labute approximate surface area is 157 Å². The molecule has 2 rings (SSSR count). The van der Waals surface area contributed by atoms with Gasteiger partial charge in [-0.15, -0.1) is 0 Å². The predicted molar refractivity (Wildman–Crippen MR) is 107 cm³/mol. The minimum absolute atomic E-state index is 0.0908. The first-order valence-corrected chi connectivity index (χ1v) is 11.1. The number of nitrogens with one attached hydrogen (secondary N) is 1. The molecule has 1 heterocycles. The van der Waals surface area contributed by atoms with Gasteiger partial charge in [0, 0.05) is 30.5 Å². The van der Waals surface area contributed by atoms with Gasteiger partial charge in [-0.05, 0) is 64.3 Å². The molecule has 146 valence electrons. The second-order valence-corrected chi connectivity index (χ2v) is 9.04. The lowest BCUT2D eigenvalue weighted by Gasteiger charge is -2.27. The molecule has 6 nitrogen and oxygen atoms in total. The maximum atomic E-state index is 12.6. The average Bonchev–Trinajstić information content (AvgIpc) is 3.07. The van der Waals surface area contributed by atoms with Crippen LogP contribution in [0.4, 0.5) is 11.4 Å². The molecule has 1 aromatic carbocycles. The first-order valence-electron chi connectivity index (χ1n) is 9.47. The number of anilines is 2. The number of rotatable bonds is 8. The van der Waals surface area contributed by atoms with E-state index >= 15 is 0 Å². The summed E-state index contributed by atoms with van der Waals surface area (Å²) in [4.78, 5) is 14.9. The van der Waals surface area contributed by atoms with Crippen LogP contribution in [0.5, 0.6) is 0 Å². The molecule has 0 aromatic heterocycles. The van der Waals surface area contributed by atoms with Crippen LogP contribution in [0.3, 0.4) is 0 Å². The van der Waals surface area contributed by atoms with E-state index in [0.717, 1.165) is 18.7 Å². The molecule has 26 heavy (non-hydrogen) atoms. The lowest BCUT2D eigenvalue weighted by Crippen LogP contribution is -2.44. The summed E-state index contributed by atoms with van der Waals surface area (Å²) in [6.45, 7) is 9.58. The molecule has 1 atom stereocenters. The van der Waals surface area contributed by atoms with Crippen LogP contribution in [0.2, 0.25) is 0 Å². The number of sulfonamides is 1. The standard InChI is InChI=1S/C19H31N3O3S/c1-5-14-26(24,25)22-13-7-8-18(22)19(23)20-16-9-11-17(12-10-16)21(6-2)15(3)4/h9-12,15,18H,5-8,13-14H2,1-4H3,(H,20,23). The summed E-state index contributed by atoms with van der Waals surface area (Å²) in [7, 11) is -3.36. The van der Waals surface area contributed by atoms with Crippen LogP contribution < -0.4 is 10.2 Å². The Morgan fingerprint density at radius 1 is 1.27 bits per heavy atom. The lowest BCUT2D eigenvalue weighted by atomic mass is 10.2. The number of amides is 1. The fourth-order valence-electron chi connectivity index (χ4n) is 3.52. The summed E-state index contributed by atoms with van der Waals surface area (Å²) in [5, 5.41) is 2.88. The van der Waals surface area contributed by atoms with Gasteiger partial charge in [-0.1, -0.05) is 6.92 Å². The molecule has 1 amide bonds. The van der Waals surface area contributed by atoms with Crippen LogP contribution in [0.15, 0.2) is 24.3 Å². The third-order valence-corrected chi connectivity index (χ3v) is 6.83. The molecule has 1 fully saturated rings. The predicted octanol–water partition coefficient (Wildman–Crippen LogP) is 3.06. The number of hydrogen-bond acceptors (Lipinski definition) is 4. The van der Waals surface area contributed by atoms with Gasteiger partial charge in [0.25, 0.3) is 0 Å². The SMILES string of the molecule is CCCS(=O)(=O)N1CCCC1C(=O)Nc1ccc(N(CC)C(C)C)cc1. The highest BCUT2D eigenvalue weighted by Gasteiger charge is 2.38. The van der Waals surface area contributed by atoms with Crippen molar-refractivity contribution < 1.29 is 13.2 Å². The van der Waals surface area contributed by atoms with Gasteiger partial charge in [-0.3, -0.25) is 4.79 Å². The fourth-order valence-corrected chi connectivity index (χ4v) is 5.26. The maximum Gasteiger partial charge on any atom is 0.242 e. The molecular formula is C19H31N3O3S. The van der Waals surface area contributed by atoms with E-state index in [1.807, 2.05) is 31.2 Å². The van der Waals surface area contributed by atoms with Crippen molar-refractivity contribution in [3.63, 3.8) is 0 Å². The molecule has 1 unspecified atom stereocenters. The molecular weight excluding hydrogens is 350 g/mol. The smallest absolute Gasteiger partial charge is 0.242 e. The third kappa shape index (κ3) is 4.76. The summed E-state index contributed by atoms with van der Waals surface area (Å²) in [6, 6.07) is 7.51. The van der Waals surface area contributed by atoms with E-state index in [4.69, 9.17) is 0 Å². The van der Waals surface area contributed by atoms with E-state index in [1.165, 1.54) is 4.31 Å². The lowest BCUT2D eigenvalue weighted by molar-refractivity contribution is -0.119. The van der Waals surface area contributed by atoms with Crippen molar-refractivity contribution in [2.45, 2.75) is 59.0 Å². The zero-order chi connectivity index (χ0) is 19.3. The molecule has 1 saturated heterocycles. The topological polar surface area (TPSA) is 69.7 Å². The summed E-state index contributed by atoms with van der Waals surface area (Å²) in [5.74, 6) is -0.154. The summed E-state index contributed by atoms with van der Waals surface area (Å²) < 4.78 is 26.1. The highest BCUT2D eigenvalue weighted by atomic mass is 32.2. The van der Waals surface area contributed by atoms with E-state index in [1.54, 1.807) is 0 Å². The van der Waals surface area contributed by atoms with Crippen LogP contribution in [0.25, 0.3) is 0 Å². The summed E-state index contributed by atoms with van der Waals surface area (Å²) in [6.07, 6.45) is 1.85. The minimum Gasteiger partial charge on any atom is -0.369 e. The Balaban J connectivity index is 2.07. The average molecular weight is 382 g/mol. The van der Waals surface area contributed by atoms with Crippen molar-refractivity contribution in [1.82, 2.24) is 4.31 Å². The van der Waals surface area contributed by atoms with E-state index in [2.05, 4.69) is 31.0 Å². The molecule has 0 aliphatic carbocycles. The Bertz CT molecular complexity index is 701. The zero-order valence-electron chi connectivity index (χ0n) is 16.2. The van der Waals surface area contributed by atoms with Crippen LogP contribution in [-0.4, -0.2) is 49.6 Å². The molecule has 1 aromatic rings. The summed E-state index contributed by atoms with van der Waals surface area (Å²) >= 11 is 0. The van der Waals surface area contributed by atoms with Gasteiger partial charge < -0.3 is 10.2 Å². The first kappa shape index (κ1) is 20.7. The van der Waals surface area contributed by atoms with Crippen molar-refractivity contribution in [1.29, 1.82) is 0 Å². The van der Waals surface area contributed by atoms with E-state index in [0.29, 0.717) is 31.1 Å². The van der Waals surface area contributed by atoms with Crippen molar-refractivity contribution in [2.24, 2.45) is 0 Å². The van der Waals surface area contributed by atoms with Crippen molar-refractivity contribution in [3.8, 4) is 0 Å². The Morgan fingerprint density at radius 3 is 2.46 bits per heavy atom. The van der Waals surface area contributed by atoms with Crippen LogP contribution in [0.1, 0.15) is 47.0 Å². The Morgan fingerprint density at radius 2 is 1.92 bits per heavy atom. The number of hydrogen-bond donors (Lipinski definition) is 1. The third-order valence-electron chi connectivity index (χ3n) is 4.76. The molecule has 0 radical (unpaired) electrons. The normalized spacial score (nSPS) is 18.3. The molecule has 0 spiro atoms. The molecule has 1 aliphatic rings. The van der Waals surface area contributed by atoms with Gasteiger partial charge in [0.15, 0.2) is 0 Å². The van der Waals surface area contributed by atoms with E-state index in [-0.39, 0.29) is 11.7 Å². The molecule has 1 aliphatic heterocycles. The number of carbonyl (C=O) groups is 1. The van der Waals surface area contributed by atoms with Crippen LogP contribution in [-0.2, 0) is 14.8 Å². The fraction of sp³-hybridized carbons (Fsp3) is 0.632. The minimum atomic E-state index is -3.36. The Hall–Kier alpha value is -1.60. The van der Waals surface area contributed by atoms with Crippen LogP contribution >= 0.6 is 0 Å². The number of carbonyl (C=O) groups excluding carboxylic acids is 1. The van der Waals surface area contributed by atoms with Gasteiger partial charge in [-0.2, -0.15) is 4.31 Å². The highest BCUT2D eigenvalue weighted by molar-refractivity contribution is 7.89. The number of nitrogens with zero attached hydrogens (tertiary/aromatic N) is 2. The van der Waals surface area contributed by atoms with Crippen LogP contribution in [0, 0.1) is 0 Å². The van der Waals surface area contributed by atoms with Gasteiger partial charge in [0.2, 0.25) is 15.9 Å². The van der Waals surface area contributed by atoms with Crippen molar-refractivity contribution in [2.75, 3.05) is 29.1 Å². The monoisotopic (exact) mass is 381 g/mol. The van der Waals surface area contributed by atoms with Gasteiger partial charge in [0.1, 0.15) is 6.04 Å². The molecule has 0 bridgehead atoms. The Kier molecular flexibility index (Phi) is 7.06. The quantitative estimate of drug-likeness (QED) is 0.751. The van der Waals surface area contributed by atoms with E-state index < -0.39 is 16.1 Å². The van der Waals surface area contributed by atoms with Crippen molar-refractivity contribution >= 4 is 27.3 Å². The largest absolute Gasteiger partial charge is 0.369 e. The van der Waals surface area contributed by atoms with Gasteiger partial charge in [0.05, 0.1) is 5.75 Å². The molecule has 1 N–H and O–H groups in total. The molecule has 7 heteroatoms. The van der Waals surface area contributed by atoms with E-state index in [9.17, 15) is 13.2 Å². The van der Waals surface area contributed by atoms with Gasteiger partial charge >= 0.3 is 0 Å². The second kappa shape index (κ2) is 8.86. The summed E-state index contributed by atoms with van der Waals surface area (Å²) in [5.41, 5.74) is 1.80. The second-order valence-electron chi connectivity index (χ2n) is 7.00. The van der Waals surface area contributed by atoms with Gasteiger partial charge in [-0.25, -0.2) is 8.42 Å². The highest BCUT2D eigenvalue weighted by Crippen LogP contribution is 2.24. The maximum absolute atomic E-state index is 12.6. The number of benzene rings is 1. The van der Waals surface area contributed by atoms with Crippen molar-refractivity contribution in [3.05, 3.63) is 24.3 Å². The molecule has 0 saturated carbocycles. The first-order chi connectivity index (χ1) is 12.3. The zero-order valence-corrected chi connectivity index (χ0v) is 17.1.